The van der Waals surface area contributed by atoms with E-state index in [0.29, 0.717) is 44.0 Å². The quantitative estimate of drug-likeness (QED) is 0.159. The number of benzene rings is 1. The fraction of sp³-hybridized carbons (Fsp3) is 0.323. The number of nitrogens with zero attached hydrogens (tertiary/aromatic N) is 4. The Morgan fingerprint density at radius 1 is 1.07 bits per heavy atom. The molecule has 4 rings (SSSR count). The van der Waals surface area contributed by atoms with Crippen molar-refractivity contribution in [1.29, 1.82) is 0 Å². The summed E-state index contributed by atoms with van der Waals surface area (Å²) in [5.41, 5.74) is 2.95. The predicted octanol–water partition coefficient (Wildman–Crippen LogP) is 8.97. The van der Waals surface area contributed by atoms with Gasteiger partial charge in [0.2, 0.25) is 0 Å². The van der Waals surface area contributed by atoms with Crippen LogP contribution in [0.5, 0.6) is 5.75 Å². The molecule has 4 aromatic rings. The van der Waals surface area contributed by atoms with Gasteiger partial charge in [-0.2, -0.15) is 5.10 Å². The highest BCUT2D eigenvalue weighted by Crippen LogP contribution is 2.33. The molecule has 1 aromatic carbocycles. The fourth-order valence-corrected chi connectivity index (χ4v) is 5.38. The first-order chi connectivity index (χ1) is 19.3. The highest BCUT2D eigenvalue weighted by Gasteiger charge is 2.17. The standard InChI is InChI=1S/C31H34Cl2FN5O/c1-5-8-23(9-6-2)39(7-3)19-22-11-10-21(16-36-22)28(34)15-30-25-14-24(12-13-29(25)37-38-30)40-20(4)31-26(32)17-35-18-27(31)33/h10-18,23H,4-9,19H2,1-3H3,(H,37,38)/b28-15-. The first-order valence-corrected chi connectivity index (χ1v) is 14.3. The first kappa shape index (κ1) is 29.7. The van der Waals surface area contributed by atoms with Crippen LogP contribution in [0.4, 0.5) is 4.39 Å². The second kappa shape index (κ2) is 13.9. The summed E-state index contributed by atoms with van der Waals surface area (Å²) in [6.07, 6.45) is 10.6. The van der Waals surface area contributed by atoms with Crippen molar-refractivity contribution in [2.45, 2.75) is 59.0 Å². The minimum Gasteiger partial charge on any atom is -0.457 e. The zero-order chi connectivity index (χ0) is 28.6. The van der Waals surface area contributed by atoms with Crippen LogP contribution in [0, 0.1) is 0 Å². The number of aromatic amines is 1. The molecule has 0 amide bonds. The van der Waals surface area contributed by atoms with E-state index in [1.165, 1.54) is 31.3 Å². The molecule has 0 saturated carbocycles. The van der Waals surface area contributed by atoms with Crippen molar-refractivity contribution in [3.05, 3.63) is 88.1 Å². The van der Waals surface area contributed by atoms with Crippen LogP contribution >= 0.6 is 23.2 Å². The Balaban J connectivity index is 1.51. The summed E-state index contributed by atoms with van der Waals surface area (Å²) in [6.45, 7) is 12.3. The SMILES string of the molecule is C=C(Oc1ccc2[nH]nc(/C=C(\F)c3ccc(CN(CC)C(CCC)CCC)nc3)c2c1)c1c(Cl)cncc1Cl. The Kier molecular flexibility index (Phi) is 10.3. The van der Waals surface area contributed by atoms with Gasteiger partial charge in [0.15, 0.2) is 0 Å². The number of pyridine rings is 2. The monoisotopic (exact) mass is 581 g/mol. The van der Waals surface area contributed by atoms with Crippen LogP contribution in [-0.2, 0) is 6.54 Å². The van der Waals surface area contributed by atoms with Gasteiger partial charge < -0.3 is 4.74 Å². The van der Waals surface area contributed by atoms with Crippen molar-refractivity contribution in [2.75, 3.05) is 6.54 Å². The summed E-state index contributed by atoms with van der Waals surface area (Å²) in [6, 6.07) is 9.52. The van der Waals surface area contributed by atoms with Crippen molar-refractivity contribution >= 4 is 51.8 Å². The van der Waals surface area contributed by atoms with Crippen molar-refractivity contribution in [2.24, 2.45) is 0 Å². The molecule has 0 bridgehead atoms. The van der Waals surface area contributed by atoms with Gasteiger partial charge in [0.25, 0.3) is 0 Å². The van der Waals surface area contributed by atoms with Crippen LogP contribution in [0.2, 0.25) is 10.0 Å². The number of rotatable bonds is 13. The number of nitrogens with one attached hydrogen (secondary N) is 1. The second-order valence-corrected chi connectivity index (χ2v) is 10.5. The van der Waals surface area contributed by atoms with Gasteiger partial charge in [0.05, 0.1) is 32.5 Å². The van der Waals surface area contributed by atoms with E-state index < -0.39 is 5.83 Å². The molecule has 0 fully saturated rings. The number of hydrogen-bond acceptors (Lipinski definition) is 5. The Bertz CT molecular complexity index is 1460. The maximum atomic E-state index is 15.3. The Hall–Kier alpha value is -3.26. The number of fused-ring (bicyclic) bond motifs is 1. The lowest BCUT2D eigenvalue weighted by Gasteiger charge is -2.30. The van der Waals surface area contributed by atoms with E-state index in [2.05, 4.69) is 52.4 Å². The molecule has 0 aliphatic carbocycles. The number of ether oxygens (including phenoxy) is 1. The van der Waals surface area contributed by atoms with E-state index in [1.807, 2.05) is 6.07 Å². The van der Waals surface area contributed by atoms with Gasteiger partial charge in [-0.15, -0.1) is 0 Å². The summed E-state index contributed by atoms with van der Waals surface area (Å²) >= 11 is 12.5. The zero-order valence-electron chi connectivity index (χ0n) is 23.1. The molecule has 0 aliphatic heterocycles. The van der Waals surface area contributed by atoms with Crippen LogP contribution in [-0.4, -0.2) is 37.7 Å². The maximum Gasteiger partial charge on any atom is 0.134 e. The number of halogens is 3. The van der Waals surface area contributed by atoms with Crippen molar-refractivity contribution < 1.29 is 9.13 Å². The number of hydrogen-bond donors (Lipinski definition) is 1. The van der Waals surface area contributed by atoms with Gasteiger partial charge in [0.1, 0.15) is 17.3 Å². The lowest BCUT2D eigenvalue weighted by atomic mass is 10.0. The molecular weight excluding hydrogens is 548 g/mol. The Morgan fingerprint density at radius 3 is 2.42 bits per heavy atom. The molecule has 0 atom stereocenters. The fourth-order valence-electron chi connectivity index (χ4n) is 4.80. The topological polar surface area (TPSA) is 66.9 Å². The molecule has 3 heterocycles. The van der Waals surface area contributed by atoms with Crippen LogP contribution in [0.1, 0.15) is 69.0 Å². The third-order valence-corrected chi connectivity index (χ3v) is 7.41. The molecule has 0 aliphatic rings. The molecule has 0 spiro atoms. The molecular formula is C31H34Cl2FN5O. The van der Waals surface area contributed by atoms with E-state index in [9.17, 15) is 0 Å². The lowest BCUT2D eigenvalue weighted by molar-refractivity contribution is 0.173. The molecule has 9 heteroatoms. The van der Waals surface area contributed by atoms with Gasteiger partial charge in [-0.25, -0.2) is 4.39 Å². The van der Waals surface area contributed by atoms with Crippen molar-refractivity contribution in [3.8, 4) is 5.75 Å². The smallest absolute Gasteiger partial charge is 0.134 e. The summed E-state index contributed by atoms with van der Waals surface area (Å²) < 4.78 is 21.2. The summed E-state index contributed by atoms with van der Waals surface area (Å²) in [4.78, 5) is 11.0. The Morgan fingerprint density at radius 2 is 1.80 bits per heavy atom. The summed E-state index contributed by atoms with van der Waals surface area (Å²) in [5, 5.41) is 8.57. The normalized spacial score (nSPS) is 12.1. The molecule has 0 radical (unpaired) electrons. The predicted molar refractivity (Wildman–Crippen MR) is 163 cm³/mol. The molecule has 1 N–H and O–H groups in total. The van der Waals surface area contributed by atoms with Gasteiger partial charge in [-0.05, 0) is 49.7 Å². The lowest BCUT2D eigenvalue weighted by Crippen LogP contribution is -2.34. The van der Waals surface area contributed by atoms with Crippen LogP contribution in [0.25, 0.3) is 28.6 Å². The van der Waals surface area contributed by atoms with E-state index in [4.69, 9.17) is 27.9 Å². The van der Waals surface area contributed by atoms with Crippen LogP contribution in [0.15, 0.2) is 55.5 Å². The summed E-state index contributed by atoms with van der Waals surface area (Å²) in [5.74, 6) is 0.321. The van der Waals surface area contributed by atoms with Crippen LogP contribution < -0.4 is 4.74 Å². The number of H-pyrrole nitrogens is 1. The van der Waals surface area contributed by atoms with Gasteiger partial charge >= 0.3 is 0 Å². The summed E-state index contributed by atoms with van der Waals surface area (Å²) in [7, 11) is 0. The van der Waals surface area contributed by atoms with Crippen molar-refractivity contribution in [1.82, 2.24) is 25.1 Å². The van der Waals surface area contributed by atoms with E-state index in [0.717, 1.165) is 37.1 Å². The third kappa shape index (κ3) is 7.08. The largest absolute Gasteiger partial charge is 0.457 e. The highest BCUT2D eigenvalue weighted by molar-refractivity contribution is 6.37. The molecule has 210 valence electrons. The zero-order valence-corrected chi connectivity index (χ0v) is 24.6. The number of aromatic nitrogens is 4. The second-order valence-electron chi connectivity index (χ2n) is 9.64. The molecule has 0 unspecified atom stereocenters. The van der Waals surface area contributed by atoms with Gasteiger partial charge in [-0.3, -0.25) is 20.0 Å². The Labute approximate surface area is 244 Å². The maximum absolute atomic E-state index is 15.3. The minimum atomic E-state index is -0.430. The average molecular weight is 583 g/mol. The van der Waals surface area contributed by atoms with E-state index >= 15 is 4.39 Å². The first-order valence-electron chi connectivity index (χ1n) is 13.5. The highest BCUT2D eigenvalue weighted by atomic mass is 35.5. The molecule has 40 heavy (non-hydrogen) atoms. The minimum absolute atomic E-state index is 0.270. The van der Waals surface area contributed by atoms with Gasteiger partial charge in [-0.1, -0.05) is 63.4 Å². The van der Waals surface area contributed by atoms with E-state index in [1.54, 1.807) is 30.5 Å². The van der Waals surface area contributed by atoms with Crippen molar-refractivity contribution in [3.63, 3.8) is 0 Å². The molecule has 0 saturated heterocycles. The van der Waals surface area contributed by atoms with Crippen LogP contribution in [0.3, 0.4) is 0 Å². The average Bonchev–Trinajstić information content (AvgIpc) is 3.33. The van der Waals surface area contributed by atoms with Gasteiger partial charge in [0, 0.05) is 48.2 Å². The third-order valence-electron chi connectivity index (χ3n) is 6.83. The molecule has 3 aromatic heterocycles. The van der Waals surface area contributed by atoms with E-state index in [-0.39, 0.29) is 5.76 Å². The molecule has 6 nitrogen and oxygen atoms in total.